The van der Waals surface area contributed by atoms with E-state index < -0.39 is 29.4 Å². The summed E-state index contributed by atoms with van der Waals surface area (Å²) in [7, 11) is 0. The summed E-state index contributed by atoms with van der Waals surface area (Å²) in [6.45, 7) is 1.52. The number of carboxylic acid groups (broad SMARTS) is 1. The van der Waals surface area contributed by atoms with E-state index in [9.17, 15) is 32.7 Å². The summed E-state index contributed by atoms with van der Waals surface area (Å²) in [4.78, 5) is 37.9. The lowest BCUT2D eigenvalue weighted by Crippen LogP contribution is -2.33. The van der Waals surface area contributed by atoms with Gasteiger partial charge in [0.05, 0.1) is 24.2 Å². The molecular formula is C29H25F3N2O4. The minimum Gasteiger partial charge on any atom is -0.478 e. The highest BCUT2D eigenvalue weighted by Crippen LogP contribution is 2.33. The van der Waals surface area contributed by atoms with E-state index in [1.165, 1.54) is 6.07 Å². The highest BCUT2D eigenvalue weighted by atomic mass is 19.4. The Kier molecular flexibility index (Phi) is 7.66. The molecule has 0 atom stereocenters. The number of nitrogens with zero attached hydrogens (tertiary/aromatic N) is 2. The average Bonchev–Trinajstić information content (AvgIpc) is 3.17. The quantitative estimate of drug-likeness (QED) is 0.312. The lowest BCUT2D eigenvalue weighted by molar-refractivity contribution is -0.143. The molecule has 0 aliphatic rings. The summed E-state index contributed by atoms with van der Waals surface area (Å²) < 4.78 is 44.0. The number of aromatic nitrogens is 2. The van der Waals surface area contributed by atoms with Crippen molar-refractivity contribution in [2.45, 2.75) is 38.9 Å². The third-order valence-electron chi connectivity index (χ3n) is 6.21. The van der Waals surface area contributed by atoms with Crippen LogP contribution in [0, 0.1) is 0 Å². The summed E-state index contributed by atoms with van der Waals surface area (Å²) in [5, 5.41) is 9.46. The van der Waals surface area contributed by atoms with E-state index in [-0.39, 0.29) is 35.2 Å². The van der Waals surface area contributed by atoms with Crippen LogP contribution in [-0.4, -0.2) is 26.1 Å². The minimum atomic E-state index is -4.91. The van der Waals surface area contributed by atoms with E-state index in [4.69, 9.17) is 0 Å². The van der Waals surface area contributed by atoms with Gasteiger partial charge >= 0.3 is 17.8 Å². The third-order valence-corrected chi connectivity index (χ3v) is 6.21. The highest BCUT2D eigenvalue weighted by molar-refractivity contribution is 5.96. The average molecular weight is 523 g/mol. The van der Waals surface area contributed by atoms with Crippen molar-refractivity contribution >= 4 is 11.9 Å². The van der Waals surface area contributed by atoms with Gasteiger partial charge in [0.25, 0.3) is 0 Å². The van der Waals surface area contributed by atoms with Crippen LogP contribution in [0.4, 0.5) is 13.2 Å². The Morgan fingerprint density at radius 3 is 2.11 bits per heavy atom. The topological polar surface area (TPSA) is 81.3 Å². The monoisotopic (exact) mass is 522 g/mol. The Hall–Kier alpha value is -4.40. The summed E-state index contributed by atoms with van der Waals surface area (Å²) in [6.07, 6.45) is -4.97. The number of alkyl halides is 3. The van der Waals surface area contributed by atoms with E-state index in [2.05, 4.69) is 0 Å². The second-order valence-electron chi connectivity index (χ2n) is 8.85. The van der Waals surface area contributed by atoms with Gasteiger partial charge in [-0.05, 0) is 34.7 Å². The van der Waals surface area contributed by atoms with Gasteiger partial charge in [-0.1, -0.05) is 86.1 Å². The maximum atomic E-state index is 14.2. The molecule has 9 heteroatoms. The molecule has 0 aliphatic carbocycles. The molecular weight excluding hydrogens is 497 g/mol. The van der Waals surface area contributed by atoms with Gasteiger partial charge in [-0.3, -0.25) is 9.36 Å². The number of carbonyl (C=O) groups is 2. The van der Waals surface area contributed by atoms with Crippen molar-refractivity contribution in [2.75, 3.05) is 0 Å². The number of benzene rings is 3. The number of rotatable bonds is 8. The molecule has 0 fully saturated rings. The first-order chi connectivity index (χ1) is 18.1. The number of halogens is 3. The summed E-state index contributed by atoms with van der Waals surface area (Å²) in [6, 6.07) is 21.3. The van der Waals surface area contributed by atoms with E-state index in [1.807, 2.05) is 0 Å². The van der Waals surface area contributed by atoms with Crippen LogP contribution in [0.2, 0.25) is 0 Å². The molecule has 0 aliphatic heterocycles. The SMILES string of the molecule is CCCc1c(C(F)(F)F)n(C(=O)Cc2ccccc2)c(=O)n1Cc1ccc(-c2ccccc2C(=O)O)cc1. The van der Waals surface area contributed by atoms with Crippen molar-refractivity contribution in [3.63, 3.8) is 0 Å². The Balaban J connectivity index is 1.75. The highest BCUT2D eigenvalue weighted by Gasteiger charge is 2.42. The molecule has 0 unspecified atom stereocenters. The summed E-state index contributed by atoms with van der Waals surface area (Å²) in [5.74, 6) is -2.04. The first kappa shape index (κ1) is 26.7. The zero-order valence-corrected chi connectivity index (χ0v) is 20.5. The molecule has 0 amide bonds. The molecule has 0 bridgehead atoms. The predicted octanol–water partition coefficient (Wildman–Crippen LogP) is 5.92. The maximum absolute atomic E-state index is 14.2. The van der Waals surface area contributed by atoms with Gasteiger partial charge in [0.15, 0.2) is 5.69 Å². The van der Waals surface area contributed by atoms with Crippen molar-refractivity contribution < 1.29 is 27.9 Å². The second-order valence-corrected chi connectivity index (χ2v) is 8.85. The van der Waals surface area contributed by atoms with Gasteiger partial charge < -0.3 is 5.11 Å². The summed E-state index contributed by atoms with van der Waals surface area (Å²) >= 11 is 0. The van der Waals surface area contributed by atoms with Gasteiger partial charge in [0, 0.05) is 0 Å². The fourth-order valence-corrected chi connectivity index (χ4v) is 4.51. The lowest BCUT2D eigenvalue weighted by Gasteiger charge is -2.13. The van der Waals surface area contributed by atoms with Crippen molar-refractivity contribution in [1.29, 1.82) is 0 Å². The van der Waals surface area contributed by atoms with Gasteiger partial charge in [-0.15, -0.1) is 0 Å². The lowest BCUT2D eigenvalue weighted by atomic mass is 9.99. The van der Waals surface area contributed by atoms with Crippen LogP contribution in [-0.2, 0) is 25.6 Å². The van der Waals surface area contributed by atoms with Crippen molar-refractivity contribution in [3.8, 4) is 11.1 Å². The first-order valence-electron chi connectivity index (χ1n) is 12.0. The number of carboxylic acids is 1. The maximum Gasteiger partial charge on any atom is 0.433 e. The zero-order chi connectivity index (χ0) is 27.4. The predicted molar refractivity (Wildman–Crippen MR) is 136 cm³/mol. The molecule has 4 aromatic rings. The van der Waals surface area contributed by atoms with Crippen LogP contribution in [0.25, 0.3) is 11.1 Å². The molecule has 196 valence electrons. The third kappa shape index (κ3) is 5.46. The molecule has 6 nitrogen and oxygen atoms in total. The number of carbonyl (C=O) groups excluding carboxylic acids is 1. The Morgan fingerprint density at radius 1 is 0.868 bits per heavy atom. The zero-order valence-electron chi connectivity index (χ0n) is 20.5. The van der Waals surface area contributed by atoms with Gasteiger partial charge in [0.1, 0.15) is 0 Å². The second kappa shape index (κ2) is 10.9. The van der Waals surface area contributed by atoms with Crippen molar-refractivity contribution in [1.82, 2.24) is 9.13 Å². The van der Waals surface area contributed by atoms with Crippen LogP contribution in [0.5, 0.6) is 0 Å². The van der Waals surface area contributed by atoms with E-state index >= 15 is 0 Å². The van der Waals surface area contributed by atoms with Crippen LogP contribution >= 0.6 is 0 Å². The number of hydrogen-bond donors (Lipinski definition) is 1. The fourth-order valence-electron chi connectivity index (χ4n) is 4.51. The normalized spacial score (nSPS) is 11.5. The Bertz CT molecular complexity index is 1520. The molecule has 3 aromatic carbocycles. The van der Waals surface area contributed by atoms with Crippen molar-refractivity contribution in [2.24, 2.45) is 0 Å². The largest absolute Gasteiger partial charge is 0.478 e. The molecule has 0 radical (unpaired) electrons. The van der Waals surface area contributed by atoms with Crippen LogP contribution in [0.15, 0.2) is 83.7 Å². The molecule has 0 saturated heterocycles. The van der Waals surface area contributed by atoms with Crippen LogP contribution in [0.3, 0.4) is 0 Å². The summed E-state index contributed by atoms with van der Waals surface area (Å²) in [5.41, 5.74) is -0.273. The standard InChI is InChI=1S/C29H25F3N2O4/c1-2-8-24-26(29(30,31)32)34(25(35)17-19-9-4-3-5-10-19)28(38)33(24)18-20-13-15-21(16-14-20)22-11-6-7-12-23(22)27(36)37/h3-7,9-16H,2,8,17-18H2,1H3,(H,36,37). The number of imidazole rings is 1. The molecule has 4 rings (SSSR count). The van der Waals surface area contributed by atoms with Gasteiger partial charge in [0.2, 0.25) is 5.91 Å². The smallest absolute Gasteiger partial charge is 0.433 e. The van der Waals surface area contributed by atoms with Gasteiger partial charge in [-0.2, -0.15) is 13.2 Å². The van der Waals surface area contributed by atoms with Crippen molar-refractivity contribution in [3.05, 3.63) is 117 Å². The molecule has 0 spiro atoms. The molecule has 0 saturated carbocycles. The number of hydrogen-bond acceptors (Lipinski definition) is 3. The molecule has 1 heterocycles. The van der Waals surface area contributed by atoms with E-state index in [1.54, 1.807) is 79.7 Å². The van der Waals surface area contributed by atoms with E-state index in [0.29, 0.717) is 28.7 Å². The Labute approximate surface area is 216 Å². The van der Waals surface area contributed by atoms with Gasteiger partial charge in [-0.25, -0.2) is 14.2 Å². The van der Waals surface area contributed by atoms with E-state index in [0.717, 1.165) is 4.57 Å². The molecule has 1 aromatic heterocycles. The molecule has 38 heavy (non-hydrogen) atoms. The Morgan fingerprint density at radius 2 is 1.50 bits per heavy atom. The molecule has 1 N–H and O–H groups in total. The minimum absolute atomic E-state index is 0.0419. The first-order valence-corrected chi connectivity index (χ1v) is 12.0. The van der Waals surface area contributed by atoms with Crippen LogP contribution in [0.1, 0.15) is 51.0 Å². The fraction of sp³-hybridized carbons (Fsp3) is 0.207. The number of aromatic carboxylic acids is 1. The van der Waals surface area contributed by atoms with Crippen LogP contribution < -0.4 is 5.69 Å².